The molecule has 1 heterocycles. The molecule has 1 aromatic heterocycles. The molecular formula is C15H16FN3O. The fourth-order valence-corrected chi connectivity index (χ4v) is 1.67. The molecule has 0 saturated heterocycles. The van der Waals surface area contributed by atoms with Gasteiger partial charge < -0.3 is 5.32 Å². The van der Waals surface area contributed by atoms with Gasteiger partial charge in [0, 0.05) is 24.5 Å². The quantitative estimate of drug-likeness (QED) is 0.852. The minimum atomic E-state index is -0.305. The molecule has 4 nitrogen and oxygen atoms in total. The Balaban J connectivity index is 2.06. The topological polar surface area (TPSA) is 54.9 Å². The molecule has 0 aliphatic rings. The molecule has 20 heavy (non-hydrogen) atoms. The molecule has 1 aromatic carbocycles. The Morgan fingerprint density at radius 2 is 1.85 bits per heavy atom. The SMILES string of the molecule is CCCCNC(=O)c1cnc(-c2ccc(F)cc2)nc1. The normalized spacial score (nSPS) is 10.3. The summed E-state index contributed by atoms with van der Waals surface area (Å²) in [5.41, 5.74) is 1.14. The van der Waals surface area contributed by atoms with E-state index < -0.39 is 0 Å². The first-order chi connectivity index (χ1) is 9.70. The van der Waals surface area contributed by atoms with E-state index in [-0.39, 0.29) is 11.7 Å². The number of halogens is 1. The summed E-state index contributed by atoms with van der Waals surface area (Å²) >= 11 is 0. The summed E-state index contributed by atoms with van der Waals surface area (Å²) in [5, 5.41) is 2.80. The summed E-state index contributed by atoms with van der Waals surface area (Å²) in [6.07, 6.45) is 4.93. The molecule has 104 valence electrons. The zero-order chi connectivity index (χ0) is 14.4. The average Bonchev–Trinajstić information content (AvgIpc) is 2.48. The van der Waals surface area contributed by atoms with Crippen LogP contribution in [0.15, 0.2) is 36.7 Å². The zero-order valence-corrected chi connectivity index (χ0v) is 11.3. The summed E-state index contributed by atoms with van der Waals surface area (Å²) < 4.78 is 12.8. The van der Waals surface area contributed by atoms with Crippen LogP contribution in [0.1, 0.15) is 30.1 Å². The van der Waals surface area contributed by atoms with Crippen LogP contribution >= 0.6 is 0 Å². The van der Waals surface area contributed by atoms with E-state index in [1.54, 1.807) is 12.1 Å². The number of hydrogen-bond donors (Lipinski definition) is 1. The lowest BCUT2D eigenvalue weighted by Crippen LogP contribution is -2.24. The standard InChI is InChI=1S/C15H16FN3O/c1-2-3-8-17-15(20)12-9-18-14(19-10-12)11-4-6-13(16)7-5-11/h4-7,9-10H,2-3,8H2,1H3,(H,17,20). The van der Waals surface area contributed by atoms with Gasteiger partial charge in [0.2, 0.25) is 0 Å². The van der Waals surface area contributed by atoms with Crippen molar-refractivity contribution in [3.63, 3.8) is 0 Å². The van der Waals surface area contributed by atoms with Crippen molar-refractivity contribution in [2.24, 2.45) is 0 Å². The van der Waals surface area contributed by atoms with Crippen LogP contribution < -0.4 is 5.32 Å². The van der Waals surface area contributed by atoms with Crippen molar-refractivity contribution in [2.75, 3.05) is 6.54 Å². The van der Waals surface area contributed by atoms with E-state index in [4.69, 9.17) is 0 Å². The first-order valence-electron chi connectivity index (χ1n) is 6.57. The molecule has 2 aromatic rings. The molecule has 0 atom stereocenters. The van der Waals surface area contributed by atoms with E-state index >= 15 is 0 Å². The molecule has 1 N–H and O–H groups in total. The first-order valence-corrected chi connectivity index (χ1v) is 6.57. The van der Waals surface area contributed by atoms with E-state index in [0.717, 1.165) is 12.8 Å². The maximum atomic E-state index is 12.8. The molecule has 0 saturated carbocycles. The fourth-order valence-electron chi connectivity index (χ4n) is 1.67. The van der Waals surface area contributed by atoms with Crippen LogP contribution in [0.4, 0.5) is 4.39 Å². The predicted octanol–water partition coefficient (Wildman–Crippen LogP) is 2.81. The second kappa shape index (κ2) is 6.75. The molecule has 0 spiro atoms. The smallest absolute Gasteiger partial charge is 0.254 e. The minimum absolute atomic E-state index is 0.177. The molecule has 0 unspecified atom stereocenters. The van der Waals surface area contributed by atoms with Crippen LogP contribution in [0.2, 0.25) is 0 Å². The Bertz CT molecular complexity index is 567. The largest absolute Gasteiger partial charge is 0.352 e. The van der Waals surface area contributed by atoms with Crippen molar-refractivity contribution in [3.05, 3.63) is 48.0 Å². The molecule has 0 radical (unpaired) electrons. The number of carbonyl (C=O) groups excluding carboxylic acids is 1. The van der Waals surface area contributed by atoms with Crippen LogP contribution in [0.5, 0.6) is 0 Å². The number of nitrogens with one attached hydrogen (secondary N) is 1. The van der Waals surface area contributed by atoms with Crippen LogP contribution in [0, 0.1) is 5.82 Å². The summed E-state index contributed by atoms with van der Waals surface area (Å²) in [5.74, 6) is -0.0140. The summed E-state index contributed by atoms with van der Waals surface area (Å²) in [7, 11) is 0. The number of nitrogens with zero attached hydrogens (tertiary/aromatic N) is 2. The summed E-state index contributed by atoms with van der Waals surface area (Å²) in [6.45, 7) is 2.71. The van der Waals surface area contributed by atoms with Gasteiger partial charge in [-0.2, -0.15) is 0 Å². The highest BCUT2D eigenvalue weighted by Gasteiger charge is 2.07. The maximum absolute atomic E-state index is 12.8. The van der Waals surface area contributed by atoms with Crippen LogP contribution in [0.3, 0.4) is 0 Å². The third-order valence-corrected chi connectivity index (χ3v) is 2.83. The number of rotatable bonds is 5. The van der Waals surface area contributed by atoms with E-state index in [1.165, 1.54) is 24.5 Å². The predicted molar refractivity (Wildman–Crippen MR) is 74.7 cm³/mol. The van der Waals surface area contributed by atoms with E-state index in [2.05, 4.69) is 22.2 Å². The highest BCUT2D eigenvalue weighted by Crippen LogP contribution is 2.14. The lowest BCUT2D eigenvalue weighted by Gasteiger charge is -2.04. The van der Waals surface area contributed by atoms with Crippen molar-refractivity contribution in [2.45, 2.75) is 19.8 Å². The van der Waals surface area contributed by atoms with Gasteiger partial charge in [-0.1, -0.05) is 13.3 Å². The molecule has 1 amide bonds. The Kier molecular flexibility index (Phi) is 4.76. The van der Waals surface area contributed by atoms with Gasteiger partial charge in [-0.15, -0.1) is 0 Å². The minimum Gasteiger partial charge on any atom is -0.352 e. The van der Waals surface area contributed by atoms with Gasteiger partial charge in [0.05, 0.1) is 5.56 Å². The van der Waals surface area contributed by atoms with E-state index in [1.807, 2.05) is 0 Å². The van der Waals surface area contributed by atoms with Crippen molar-refractivity contribution >= 4 is 5.91 Å². The van der Waals surface area contributed by atoms with Gasteiger partial charge >= 0.3 is 0 Å². The van der Waals surface area contributed by atoms with Crippen molar-refractivity contribution in [1.29, 1.82) is 0 Å². The third-order valence-electron chi connectivity index (χ3n) is 2.83. The number of carbonyl (C=O) groups is 1. The lowest BCUT2D eigenvalue weighted by molar-refractivity contribution is 0.0952. The average molecular weight is 273 g/mol. The van der Waals surface area contributed by atoms with Gasteiger partial charge in [-0.3, -0.25) is 4.79 Å². The second-order valence-electron chi connectivity index (χ2n) is 4.41. The Morgan fingerprint density at radius 1 is 1.20 bits per heavy atom. The van der Waals surface area contributed by atoms with Crippen molar-refractivity contribution < 1.29 is 9.18 Å². The number of aromatic nitrogens is 2. The third kappa shape index (κ3) is 3.60. The molecule has 0 aliphatic carbocycles. The number of hydrogen-bond acceptors (Lipinski definition) is 3. The van der Waals surface area contributed by atoms with Gasteiger partial charge in [0.1, 0.15) is 5.82 Å². The van der Waals surface area contributed by atoms with E-state index in [9.17, 15) is 9.18 Å². The molecule has 0 aliphatic heterocycles. The maximum Gasteiger partial charge on any atom is 0.254 e. The number of benzene rings is 1. The fraction of sp³-hybridized carbons (Fsp3) is 0.267. The monoisotopic (exact) mass is 273 g/mol. The van der Waals surface area contributed by atoms with Crippen molar-refractivity contribution in [1.82, 2.24) is 15.3 Å². The molecule has 5 heteroatoms. The second-order valence-corrected chi connectivity index (χ2v) is 4.41. The highest BCUT2D eigenvalue weighted by molar-refractivity contribution is 5.93. The number of unbranched alkanes of at least 4 members (excludes halogenated alkanes) is 1. The molecule has 0 bridgehead atoms. The lowest BCUT2D eigenvalue weighted by atomic mass is 10.2. The molecular weight excluding hydrogens is 257 g/mol. The highest BCUT2D eigenvalue weighted by atomic mass is 19.1. The number of amides is 1. The van der Waals surface area contributed by atoms with Gasteiger partial charge in [0.15, 0.2) is 5.82 Å². The Hall–Kier alpha value is -2.30. The summed E-state index contributed by atoms with van der Waals surface area (Å²) in [4.78, 5) is 20.0. The van der Waals surface area contributed by atoms with Crippen LogP contribution in [0.25, 0.3) is 11.4 Å². The Labute approximate surface area is 117 Å². The van der Waals surface area contributed by atoms with Crippen LogP contribution in [-0.2, 0) is 0 Å². The summed E-state index contributed by atoms with van der Waals surface area (Å²) in [6, 6.07) is 5.91. The molecule has 2 rings (SSSR count). The Morgan fingerprint density at radius 3 is 2.45 bits per heavy atom. The zero-order valence-electron chi connectivity index (χ0n) is 11.3. The first kappa shape index (κ1) is 14.1. The van der Waals surface area contributed by atoms with Crippen molar-refractivity contribution in [3.8, 4) is 11.4 Å². The van der Waals surface area contributed by atoms with Gasteiger partial charge in [0.25, 0.3) is 5.91 Å². The van der Waals surface area contributed by atoms with Crippen LogP contribution in [-0.4, -0.2) is 22.4 Å². The van der Waals surface area contributed by atoms with Gasteiger partial charge in [-0.05, 0) is 30.7 Å². The van der Waals surface area contributed by atoms with E-state index in [0.29, 0.717) is 23.5 Å². The molecule has 0 fully saturated rings. The van der Waals surface area contributed by atoms with Gasteiger partial charge in [-0.25, -0.2) is 14.4 Å².